The largest absolute Gasteiger partial charge is 1.00 e. The molecule has 1 aromatic rings. The quantitative estimate of drug-likeness (QED) is 0.366. The van der Waals surface area contributed by atoms with E-state index >= 15 is 0 Å². The van der Waals surface area contributed by atoms with Crippen LogP contribution in [0.25, 0.3) is 0 Å². The topological polar surface area (TPSA) is 85.9 Å². The first kappa shape index (κ1) is 11.0. The van der Waals surface area contributed by atoms with E-state index < -0.39 is 5.97 Å². The number of hydrogen-bond acceptors (Lipinski definition) is 4. The Morgan fingerprint density at radius 3 is 2.64 bits per heavy atom. The molecule has 0 aliphatic heterocycles. The van der Waals surface area contributed by atoms with Gasteiger partial charge >= 0.3 is 51.4 Å². The molecule has 11 heavy (non-hydrogen) atoms. The summed E-state index contributed by atoms with van der Waals surface area (Å²) in [7, 11) is 0. The molecule has 1 aromatic heterocycles. The Bertz CT molecular complexity index is 270. The Morgan fingerprint density at radius 2 is 2.36 bits per heavy atom. The zero-order valence-electron chi connectivity index (χ0n) is 5.83. The minimum Gasteiger partial charge on any atom is -0.543 e. The summed E-state index contributed by atoms with van der Waals surface area (Å²) >= 11 is 0. The third-order valence-electron chi connectivity index (χ3n) is 0.934. The van der Waals surface area contributed by atoms with E-state index in [2.05, 4.69) is 10.2 Å². The van der Waals surface area contributed by atoms with Gasteiger partial charge in [-0.05, 0) is 6.07 Å². The van der Waals surface area contributed by atoms with Crippen molar-refractivity contribution in [3.05, 3.63) is 17.5 Å². The van der Waals surface area contributed by atoms with Crippen molar-refractivity contribution in [1.29, 1.82) is 0 Å². The number of aromatic carboxylic acids is 1. The second-order valence-corrected chi connectivity index (χ2v) is 1.61. The SMILES string of the molecule is O=Cc1cc(C(=O)[O-])n[nH]1.[K+]. The van der Waals surface area contributed by atoms with E-state index in [-0.39, 0.29) is 62.8 Å². The van der Waals surface area contributed by atoms with Crippen molar-refractivity contribution in [3.8, 4) is 0 Å². The molecule has 5 nitrogen and oxygen atoms in total. The predicted octanol–water partition coefficient (Wildman–Crippen LogP) is -4.41. The molecule has 0 saturated carbocycles. The van der Waals surface area contributed by atoms with E-state index in [1.54, 1.807) is 0 Å². The molecule has 1 heterocycles. The summed E-state index contributed by atoms with van der Waals surface area (Å²) in [4.78, 5) is 20.0. The van der Waals surface area contributed by atoms with E-state index in [0.717, 1.165) is 6.07 Å². The smallest absolute Gasteiger partial charge is 0.543 e. The Hall–Kier alpha value is -0.0136. The summed E-state index contributed by atoms with van der Waals surface area (Å²) in [6, 6.07) is 1.10. The van der Waals surface area contributed by atoms with E-state index in [4.69, 9.17) is 0 Å². The number of nitrogens with one attached hydrogen (secondary N) is 1. The Balaban J connectivity index is 0.000001000. The molecule has 0 unspecified atom stereocenters. The molecule has 0 aliphatic carbocycles. The fourth-order valence-corrected chi connectivity index (χ4v) is 0.502. The molecule has 0 saturated heterocycles. The van der Waals surface area contributed by atoms with Crippen LogP contribution >= 0.6 is 0 Å². The molecule has 6 heteroatoms. The standard InChI is InChI=1S/C5H4N2O3.K/c8-2-3-1-4(5(9)10)7-6-3;/h1-2H,(H,6,7)(H,9,10);/q;+1/p-1. The van der Waals surface area contributed by atoms with Crippen molar-refractivity contribution in [1.82, 2.24) is 10.2 Å². The van der Waals surface area contributed by atoms with Gasteiger partial charge in [0, 0.05) is 0 Å². The van der Waals surface area contributed by atoms with Crippen LogP contribution in [0.2, 0.25) is 0 Å². The van der Waals surface area contributed by atoms with E-state index in [1.807, 2.05) is 0 Å². The van der Waals surface area contributed by atoms with Crippen molar-refractivity contribution in [2.24, 2.45) is 0 Å². The van der Waals surface area contributed by atoms with Gasteiger partial charge in [0.1, 0.15) is 5.69 Å². The Morgan fingerprint density at radius 1 is 1.73 bits per heavy atom. The number of carboxylic acids is 1. The number of carboxylic acid groups (broad SMARTS) is 1. The first-order valence-electron chi connectivity index (χ1n) is 2.46. The third kappa shape index (κ3) is 2.84. The maximum atomic E-state index is 10.0. The van der Waals surface area contributed by atoms with Gasteiger partial charge in [-0.2, -0.15) is 5.10 Å². The van der Waals surface area contributed by atoms with Gasteiger partial charge in [0.05, 0.1) is 11.7 Å². The van der Waals surface area contributed by atoms with Gasteiger partial charge in [0.15, 0.2) is 6.29 Å². The first-order valence-corrected chi connectivity index (χ1v) is 2.46. The monoisotopic (exact) mass is 178 g/mol. The minimum atomic E-state index is -1.40. The number of rotatable bonds is 2. The van der Waals surface area contributed by atoms with Crippen LogP contribution in [-0.2, 0) is 0 Å². The number of carbonyl (C=O) groups is 2. The second kappa shape index (κ2) is 4.78. The van der Waals surface area contributed by atoms with Crippen LogP contribution < -0.4 is 56.5 Å². The maximum absolute atomic E-state index is 10.0. The van der Waals surface area contributed by atoms with E-state index in [9.17, 15) is 14.7 Å². The molecule has 0 amide bonds. The molecule has 0 radical (unpaired) electrons. The average Bonchev–Trinajstić information content (AvgIpc) is 2.34. The predicted molar refractivity (Wildman–Crippen MR) is 28.3 cm³/mol. The zero-order valence-corrected chi connectivity index (χ0v) is 8.95. The number of aldehydes is 1. The molecule has 0 aliphatic rings. The van der Waals surface area contributed by atoms with E-state index in [0.29, 0.717) is 6.29 Å². The van der Waals surface area contributed by atoms with Gasteiger partial charge in [-0.3, -0.25) is 9.89 Å². The summed E-state index contributed by atoms with van der Waals surface area (Å²) in [5, 5.41) is 15.5. The van der Waals surface area contributed by atoms with Crippen LogP contribution in [0.3, 0.4) is 0 Å². The van der Waals surface area contributed by atoms with Gasteiger partial charge in [-0.25, -0.2) is 0 Å². The van der Waals surface area contributed by atoms with Crippen molar-refractivity contribution < 1.29 is 66.1 Å². The fourth-order valence-electron chi connectivity index (χ4n) is 0.502. The zero-order chi connectivity index (χ0) is 7.56. The average molecular weight is 178 g/mol. The summed E-state index contributed by atoms with van der Waals surface area (Å²) < 4.78 is 0. The van der Waals surface area contributed by atoms with Crippen molar-refractivity contribution >= 4 is 12.3 Å². The maximum Gasteiger partial charge on any atom is 1.00 e. The number of nitrogens with zero attached hydrogens (tertiary/aromatic N) is 1. The van der Waals surface area contributed by atoms with Crippen LogP contribution in [0.4, 0.5) is 0 Å². The third-order valence-corrected chi connectivity index (χ3v) is 0.934. The molecule has 1 rings (SSSR count). The second-order valence-electron chi connectivity index (χ2n) is 1.61. The summed E-state index contributed by atoms with van der Waals surface area (Å²) in [6.45, 7) is 0. The van der Waals surface area contributed by atoms with Gasteiger partial charge in [-0.15, -0.1) is 0 Å². The Kier molecular flexibility index (Phi) is 4.78. The summed E-state index contributed by atoms with van der Waals surface area (Å²) in [5.41, 5.74) is -0.138. The number of carbonyl (C=O) groups excluding carboxylic acids is 2. The van der Waals surface area contributed by atoms with Crippen LogP contribution in [0.15, 0.2) is 6.07 Å². The summed E-state index contributed by atoms with van der Waals surface area (Å²) in [6.07, 6.45) is 0.472. The number of aromatic amines is 1. The van der Waals surface area contributed by atoms with Crippen LogP contribution in [0, 0.1) is 0 Å². The number of H-pyrrole nitrogens is 1. The number of hydrogen-bond donors (Lipinski definition) is 1. The minimum absolute atomic E-state index is 0. The van der Waals surface area contributed by atoms with Crippen molar-refractivity contribution in [3.63, 3.8) is 0 Å². The molecule has 0 spiro atoms. The van der Waals surface area contributed by atoms with Gasteiger partial charge < -0.3 is 9.90 Å². The Labute approximate surface area is 105 Å². The molecule has 0 atom stereocenters. The molecule has 0 fully saturated rings. The van der Waals surface area contributed by atoms with Crippen LogP contribution in [0.1, 0.15) is 21.0 Å². The molecule has 0 bridgehead atoms. The van der Waals surface area contributed by atoms with Gasteiger partial charge in [-0.1, -0.05) is 0 Å². The molecular formula is C5H3KN2O3. The van der Waals surface area contributed by atoms with Gasteiger partial charge in [0.25, 0.3) is 0 Å². The fraction of sp³-hybridized carbons (Fsp3) is 0. The normalized spacial score (nSPS) is 8.36. The van der Waals surface area contributed by atoms with E-state index in [1.165, 1.54) is 0 Å². The van der Waals surface area contributed by atoms with Crippen molar-refractivity contribution in [2.75, 3.05) is 0 Å². The van der Waals surface area contributed by atoms with Crippen LogP contribution in [0.5, 0.6) is 0 Å². The summed E-state index contributed by atoms with van der Waals surface area (Å²) in [5.74, 6) is -1.40. The van der Waals surface area contributed by atoms with Crippen LogP contribution in [-0.4, -0.2) is 22.5 Å². The van der Waals surface area contributed by atoms with Gasteiger partial charge in [0.2, 0.25) is 0 Å². The number of aromatic nitrogens is 2. The molecule has 52 valence electrons. The van der Waals surface area contributed by atoms with Crippen molar-refractivity contribution in [2.45, 2.75) is 0 Å². The molecular weight excluding hydrogens is 175 g/mol. The molecule has 1 N–H and O–H groups in total. The molecule has 0 aromatic carbocycles. The first-order chi connectivity index (χ1) is 4.74.